The van der Waals surface area contributed by atoms with Crippen LogP contribution in [0, 0.1) is 0 Å². The second-order valence-electron chi connectivity index (χ2n) is 3.31. The lowest BCUT2D eigenvalue weighted by atomic mass is 10.3. The van der Waals surface area contributed by atoms with Crippen LogP contribution in [0.1, 0.15) is 6.92 Å². The Morgan fingerprint density at radius 3 is 2.71 bits per heavy atom. The number of ether oxygens (including phenoxy) is 2. The van der Waals surface area contributed by atoms with E-state index in [1.54, 1.807) is 18.3 Å². The zero-order valence-electron chi connectivity index (χ0n) is 9.25. The SMILES string of the molecule is CC1COC(=O)O1.S.c1ccc2scnc2c1. The van der Waals surface area contributed by atoms with Crippen molar-refractivity contribution >= 4 is 41.2 Å². The van der Waals surface area contributed by atoms with Gasteiger partial charge in [-0.3, -0.25) is 0 Å². The van der Waals surface area contributed by atoms with Crippen LogP contribution in [0.25, 0.3) is 10.2 Å². The quantitative estimate of drug-likeness (QED) is 0.691. The monoisotopic (exact) mass is 271 g/mol. The zero-order valence-corrected chi connectivity index (χ0v) is 11.1. The van der Waals surface area contributed by atoms with E-state index in [0.717, 1.165) is 5.52 Å². The van der Waals surface area contributed by atoms with Crippen LogP contribution >= 0.6 is 24.8 Å². The van der Waals surface area contributed by atoms with Gasteiger partial charge in [0.1, 0.15) is 12.7 Å². The van der Waals surface area contributed by atoms with Crippen LogP contribution in [0.3, 0.4) is 0 Å². The molecule has 1 fully saturated rings. The van der Waals surface area contributed by atoms with Crippen molar-refractivity contribution in [1.82, 2.24) is 4.98 Å². The number of hydrogen-bond donors (Lipinski definition) is 0. The summed E-state index contributed by atoms with van der Waals surface area (Å²) in [4.78, 5) is 14.1. The molecule has 3 rings (SSSR count). The van der Waals surface area contributed by atoms with Crippen LogP contribution in [0.2, 0.25) is 0 Å². The van der Waals surface area contributed by atoms with Crippen molar-refractivity contribution in [3.05, 3.63) is 29.8 Å². The summed E-state index contributed by atoms with van der Waals surface area (Å²) in [6, 6.07) is 8.13. The van der Waals surface area contributed by atoms with Gasteiger partial charge < -0.3 is 9.47 Å². The highest BCUT2D eigenvalue weighted by molar-refractivity contribution is 7.59. The molecule has 2 heterocycles. The van der Waals surface area contributed by atoms with E-state index in [4.69, 9.17) is 0 Å². The standard InChI is InChI=1S/C7H5NS.C4H6O3.H2S/c1-2-4-7-6(3-1)8-5-9-7;1-3-2-6-4(5)7-3;/h1-5H;3H,2H2,1H3;1H2. The Morgan fingerprint density at radius 1 is 1.41 bits per heavy atom. The first kappa shape index (κ1) is 13.8. The molecule has 0 radical (unpaired) electrons. The van der Waals surface area contributed by atoms with Crippen molar-refractivity contribution in [3.63, 3.8) is 0 Å². The molecular weight excluding hydrogens is 258 g/mol. The number of carbonyl (C=O) groups excluding carboxylic acids is 1. The van der Waals surface area contributed by atoms with Crippen LogP contribution in [0.15, 0.2) is 29.8 Å². The molecule has 1 unspecified atom stereocenters. The van der Waals surface area contributed by atoms with Gasteiger partial charge in [0.15, 0.2) is 0 Å². The van der Waals surface area contributed by atoms with Crippen molar-refractivity contribution in [2.45, 2.75) is 13.0 Å². The van der Waals surface area contributed by atoms with Gasteiger partial charge in [0.25, 0.3) is 0 Å². The third-order valence-corrected chi connectivity index (χ3v) is 2.78. The Bertz CT molecular complexity index is 456. The van der Waals surface area contributed by atoms with E-state index in [1.165, 1.54) is 4.70 Å². The molecule has 0 bridgehead atoms. The van der Waals surface area contributed by atoms with Crippen molar-refractivity contribution in [2.24, 2.45) is 0 Å². The fourth-order valence-electron chi connectivity index (χ4n) is 1.22. The molecule has 0 aliphatic carbocycles. The molecular formula is C11H13NO3S2. The average Bonchev–Trinajstić information content (AvgIpc) is 2.88. The Labute approximate surface area is 110 Å². The first-order chi connectivity index (χ1) is 7.75. The third kappa shape index (κ3) is 3.90. The molecule has 1 aliphatic heterocycles. The molecule has 17 heavy (non-hydrogen) atoms. The first-order valence-corrected chi connectivity index (χ1v) is 5.75. The van der Waals surface area contributed by atoms with E-state index < -0.39 is 6.16 Å². The molecule has 1 aromatic heterocycles. The van der Waals surface area contributed by atoms with Gasteiger partial charge in [0, 0.05) is 0 Å². The van der Waals surface area contributed by atoms with E-state index in [2.05, 4.69) is 20.5 Å². The Hall–Kier alpha value is -1.27. The van der Waals surface area contributed by atoms with E-state index >= 15 is 0 Å². The summed E-state index contributed by atoms with van der Waals surface area (Å²) in [6.45, 7) is 2.18. The molecule has 6 heteroatoms. The molecule has 0 saturated carbocycles. The van der Waals surface area contributed by atoms with Crippen molar-refractivity contribution in [3.8, 4) is 0 Å². The van der Waals surface area contributed by atoms with E-state index in [0.29, 0.717) is 6.61 Å². The number of thiazole rings is 1. The first-order valence-electron chi connectivity index (χ1n) is 4.87. The van der Waals surface area contributed by atoms with E-state index in [9.17, 15) is 4.79 Å². The Balaban J connectivity index is 0.000000166. The predicted molar refractivity (Wildman–Crippen MR) is 71.9 cm³/mol. The Kier molecular flexibility index (Phi) is 5.24. The maximum atomic E-state index is 10.0. The lowest BCUT2D eigenvalue weighted by Gasteiger charge is -1.90. The normalized spacial score (nSPS) is 17.5. The number of para-hydroxylation sites is 1. The van der Waals surface area contributed by atoms with Crippen LogP contribution < -0.4 is 0 Å². The van der Waals surface area contributed by atoms with Crippen LogP contribution in [-0.2, 0) is 9.47 Å². The van der Waals surface area contributed by atoms with Crippen molar-refractivity contribution in [1.29, 1.82) is 0 Å². The molecule has 2 aromatic rings. The number of carbonyl (C=O) groups is 1. The molecule has 1 aromatic carbocycles. The summed E-state index contributed by atoms with van der Waals surface area (Å²) >= 11 is 1.68. The minimum absolute atomic E-state index is 0. The number of hydrogen-bond acceptors (Lipinski definition) is 5. The van der Waals surface area contributed by atoms with Gasteiger partial charge in [-0.2, -0.15) is 13.5 Å². The van der Waals surface area contributed by atoms with E-state index in [1.807, 2.05) is 23.7 Å². The topological polar surface area (TPSA) is 48.4 Å². The summed E-state index contributed by atoms with van der Waals surface area (Å²) in [5.41, 5.74) is 2.97. The summed E-state index contributed by atoms with van der Waals surface area (Å²) in [5.74, 6) is 0. The summed E-state index contributed by atoms with van der Waals surface area (Å²) in [7, 11) is 0. The lowest BCUT2D eigenvalue weighted by Crippen LogP contribution is -2.01. The fourth-order valence-corrected chi connectivity index (χ4v) is 1.90. The largest absolute Gasteiger partial charge is 0.508 e. The second kappa shape index (κ2) is 6.46. The molecule has 4 nitrogen and oxygen atoms in total. The smallest absolute Gasteiger partial charge is 0.430 e. The predicted octanol–water partition coefficient (Wildman–Crippen LogP) is 2.95. The van der Waals surface area contributed by atoms with Gasteiger partial charge in [0.05, 0.1) is 15.7 Å². The van der Waals surface area contributed by atoms with Crippen LogP contribution in [-0.4, -0.2) is 23.9 Å². The van der Waals surface area contributed by atoms with Gasteiger partial charge in [-0.15, -0.1) is 11.3 Å². The van der Waals surface area contributed by atoms with Crippen molar-refractivity contribution in [2.75, 3.05) is 6.61 Å². The summed E-state index contributed by atoms with van der Waals surface area (Å²) in [5, 5.41) is 0. The van der Waals surface area contributed by atoms with Crippen molar-refractivity contribution < 1.29 is 14.3 Å². The number of fused-ring (bicyclic) bond motifs is 1. The molecule has 0 spiro atoms. The van der Waals surface area contributed by atoms with Crippen LogP contribution in [0.4, 0.5) is 4.79 Å². The molecule has 0 amide bonds. The number of nitrogens with zero attached hydrogens (tertiary/aromatic N) is 1. The highest BCUT2D eigenvalue weighted by Crippen LogP contribution is 2.15. The third-order valence-electron chi connectivity index (χ3n) is 1.97. The van der Waals surface area contributed by atoms with Gasteiger partial charge in [-0.1, -0.05) is 12.1 Å². The number of aromatic nitrogens is 1. The highest BCUT2D eigenvalue weighted by atomic mass is 32.1. The molecule has 0 N–H and O–H groups in total. The maximum absolute atomic E-state index is 10.0. The minimum Gasteiger partial charge on any atom is -0.430 e. The average molecular weight is 271 g/mol. The van der Waals surface area contributed by atoms with Crippen LogP contribution in [0.5, 0.6) is 0 Å². The van der Waals surface area contributed by atoms with Gasteiger partial charge in [-0.05, 0) is 19.1 Å². The maximum Gasteiger partial charge on any atom is 0.508 e. The number of cyclic esters (lactones) is 2. The molecule has 1 aliphatic rings. The second-order valence-corrected chi connectivity index (χ2v) is 4.20. The zero-order chi connectivity index (χ0) is 11.4. The fraction of sp³-hybridized carbons (Fsp3) is 0.273. The minimum atomic E-state index is -0.549. The van der Waals surface area contributed by atoms with Gasteiger partial charge in [0.2, 0.25) is 0 Å². The van der Waals surface area contributed by atoms with Gasteiger partial charge >= 0.3 is 6.16 Å². The lowest BCUT2D eigenvalue weighted by molar-refractivity contribution is 0.121. The number of benzene rings is 1. The van der Waals surface area contributed by atoms with Gasteiger partial charge in [-0.25, -0.2) is 9.78 Å². The highest BCUT2D eigenvalue weighted by Gasteiger charge is 2.19. The Morgan fingerprint density at radius 2 is 2.18 bits per heavy atom. The summed E-state index contributed by atoms with van der Waals surface area (Å²) < 4.78 is 10.2. The molecule has 92 valence electrons. The number of rotatable bonds is 0. The summed E-state index contributed by atoms with van der Waals surface area (Å²) in [6.07, 6.45) is -0.597. The molecule has 1 saturated heterocycles. The van der Waals surface area contributed by atoms with E-state index in [-0.39, 0.29) is 19.6 Å². The molecule has 1 atom stereocenters.